The first-order valence-electron chi connectivity index (χ1n) is 2.93. The summed E-state index contributed by atoms with van der Waals surface area (Å²) in [4.78, 5) is 12.3. The van der Waals surface area contributed by atoms with Crippen molar-refractivity contribution < 1.29 is 9.90 Å². The molecule has 0 spiro atoms. The Morgan fingerprint density at radius 2 is 2.56 bits per heavy atom. The van der Waals surface area contributed by atoms with Crippen LogP contribution in [0.3, 0.4) is 0 Å². The average Bonchev–Trinajstić information content (AvgIpc) is 2.17. The smallest absolute Gasteiger partial charge is 0.235 e. The van der Waals surface area contributed by atoms with E-state index in [2.05, 4.69) is 5.32 Å². The number of rotatable bonds is 2. The summed E-state index contributed by atoms with van der Waals surface area (Å²) < 4.78 is 0. The van der Waals surface area contributed by atoms with Gasteiger partial charge in [0.05, 0.1) is 19.8 Å². The number of hydrogen-bond acceptors (Lipinski definition) is 3. The van der Waals surface area contributed by atoms with Gasteiger partial charge >= 0.3 is 0 Å². The van der Waals surface area contributed by atoms with Crippen LogP contribution in [0.5, 0.6) is 0 Å². The minimum atomic E-state index is 0.0449. The molecule has 0 atom stereocenters. The summed E-state index contributed by atoms with van der Waals surface area (Å²) in [6.45, 7) is 1.72. The number of hydrogen-bond donors (Lipinski definition) is 2. The molecule has 0 aromatic rings. The summed E-state index contributed by atoms with van der Waals surface area (Å²) in [6.07, 6.45) is 0. The Balaban J connectivity index is 2.22. The molecule has 1 aliphatic rings. The third-order valence-electron chi connectivity index (χ3n) is 1.28. The second kappa shape index (κ2) is 2.80. The van der Waals surface area contributed by atoms with E-state index in [1.54, 1.807) is 0 Å². The van der Waals surface area contributed by atoms with E-state index in [0.29, 0.717) is 19.8 Å². The van der Waals surface area contributed by atoms with E-state index >= 15 is 0 Å². The predicted octanol–water partition coefficient (Wildman–Crippen LogP) is -1.63. The van der Waals surface area contributed by atoms with Gasteiger partial charge in [-0.05, 0) is 0 Å². The van der Waals surface area contributed by atoms with Gasteiger partial charge in [0.1, 0.15) is 0 Å². The molecular weight excluding hydrogens is 120 g/mol. The van der Waals surface area contributed by atoms with Crippen molar-refractivity contribution in [2.45, 2.75) is 0 Å². The highest BCUT2D eigenvalue weighted by molar-refractivity contribution is 5.79. The number of aliphatic hydroxyl groups is 1. The molecule has 4 nitrogen and oxygen atoms in total. The molecule has 1 fully saturated rings. The number of β-amino-alcohol motifs (C(OH)–C–C–N with tert-alkyl or cyclic N) is 1. The summed E-state index contributed by atoms with van der Waals surface area (Å²) in [5.41, 5.74) is 0. The number of nitrogens with zero attached hydrogens (tertiary/aromatic N) is 1. The molecule has 2 N–H and O–H groups in total. The monoisotopic (exact) mass is 130 g/mol. The van der Waals surface area contributed by atoms with Crippen molar-refractivity contribution in [3.05, 3.63) is 0 Å². The second-order valence-electron chi connectivity index (χ2n) is 2.03. The topological polar surface area (TPSA) is 52.6 Å². The molecule has 0 aromatic carbocycles. The summed E-state index contributed by atoms with van der Waals surface area (Å²) in [5, 5.41) is 11.1. The molecule has 0 unspecified atom stereocenters. The molecule has 0 saturated carbocycles. The quantitative estimate of drug-likeness (QED) is 0.472. The molecule has 0 radical (unpaired) electrons. The van der Waals surface area contributed by atoms with Crippen LogP contribution in [0.1, 0.15) is 0 Å². The molecule has 1 amide bonds. The predicted molar refractivity (Wildman–Crippen MR) is 31.7 cm³/mol. The first-order chi connectivity index (χ1) is 4.33. The second-order valence-corrected chi connectivity index (χ2v) is 2.03. The third-order valence-corrected chi connectivity index (χ3v) is 1.28. The summed E-state index contributed by atoms with van der Waals surface area (Å²) in [6, 6.07) is 0. The Morgan fingerprint density at radius 3 is 3.00 bits per heavy atom. The van der Waals surface area contributed by atoms with Crippen LogP contribution in [0.2, 0.25) is 0 Å². The fraction of sp³-hybridized carbons (Fsp3) is 0.800. The van der Waals surface area contributed by atoms with Crippen molar-refractivity contribution in [1.82, 2.24) is 10.2 Å². The summed E-state index contributed by atoms with van der Waals surface area (Å²) in [5.74, 6) is 0.0449. The Hall–Kier alpha value is -0.610. The van der Waals surface area contributed by atoms with Crippen molar-refractivity contribution >= 4 is 5.91 Å². The molecule has 0 aliphatic carbocycles. The minimum Gasteiger partial charge on any atom is -0.395 e. The molecule has 0 aromatic heterocycles. The van der Waals surface area contributed by atoms with E-state index in [-0.39, 0.29) is 12.5 Å². The van der Waals surface area contributed by atoms with Crippen LogP contribution in [0, 0.1) is 0 Å². The fourth-order valence-electron chi connectivity index (χ4n) is 0.814. The average molecular weight is 130 g/mol. The standard InChI is InChI=1S/C5H10N2O2/c8-2-1-7-3-5(9)6-4-7/h8H,1-4H2,(H,6,9). The highest BCUT2D eigenvalue weighted by Crippen LogP contribution is 1.90. The largest absolute Gasteiger partial charge is 0.395 e. The van der Waals surface area contributed by atoms with Crippen LogP contribution in [-0.4, -0.2) is 42.3 Å². The van der Waals surface area contributed by atoms with Gasteiger partial charge in [-0.1, -0.05) is 0 Å². The number of nitrogens with one attached hydrogen (secondary N) is 1. The maximum atomic E-state index is 10.5. The molecule has 1 saturated heterocycles. The maximum Gasteiger partial charge on any atom is 0.235 e. The Labute approximate surface area is 53.5 Å². The van der Waals surface area contributed by atoms with Gasteiger partial charge < -0.3 is 10.4 Å². The van der Waals surface area contributed by atoms with E-state index in [9.17, 15) is 4.79 Å². The zero-order valence-electron chi connectivity index (χ0n) is 5.13. The van der Waals surface area contributed by atoms with Gasteiger partial charge in [-0.3, -0.25) is 9.69 Å². The Bertz CT molecular complexity index is 116. The van der Waals surface area contributed by atoms with Crippen molar-refractivity contribution in [3.63, 3.8) is 0 Å². The summed E-state index contributed by atoms with van der Waals surface area (Å²) >= 11 is 0. The van der Waals surface area contributed by atoms with Gasteiger partial charge in [-0.25, -0.2) is 0 Å². The Morgan fingerprint density at radius 1 is 1.78 bits per heavy atom. The number of amides is 1. The van der Waals surface area contributed by atoms with Crippen LogP contribution in [0.4, 0.5) is 0 Å². The van der Waals surface area contributed by atoms with Gasteiger partial charge in [0.25, 0.3) is 0 Å². The third kappa shape index (κ3) is 1.65. The number of carbonyl (C=O) groups excluding carboxylic acids is 1. The SMILES string of the molecule is O=C1CN(CCO)CN1. The lowest BCUT2D eigenvalue weighted by molar-refractivity contribution is -0.118. The van der Waals surface area contributed by atoms with E-state index in [1.165, 1.54) is 0 Å². The van der Waals surface area contributed by atoms with Crippen LogP contribution in [-0.2, 0) is 4.79 Å². The van der Waals surface area contributed by atoms with Gasteiger partial charge in [-0.2, -0.15) is 0 Å². The highest BCUT2D eigenvalue weighted by Gasteiger charge is 2.16. The molecule has 1 heterocycles. The van der Waals surface area contributed by atoms with Crippen molar-refractivity contribution in [3.8, 4) is 0 Å². The molecule has 4 heteroatoms. The lowest BCUT2D eigenvalue weighted by atomic mass is 10.5. The van der Waals surface area contributed by atoms with Gasteiger partial charge in [-0.15, -0.1) is 0 Å². The molecule has 0 bridgehead atoms. The molecule has 1 aliphatic heterocycles. The van der Waals surface area contributed by atoms with E-state index in [1.807, 2.05) is 4.90 Å². The lowest BCUT2D eigenvalue weighted by Crippen LogP contribution is -2.25. The zero-order chi connectivity index (χ0) is 6.69. The van der Waals surface area contributed by atoms with Crippen LogP contribution >= 0.6 is 0 Å². The Kier molecular flexibility index (Phi) is 2.02. The molecule has 52 valence electrons. The minimum absolute atomic E-state index is 0.0449. The molecular formula is C5H10N2O2. The molecule has 9 heavy (non-hydrogen) atoms. The number of aliphatic hydroxyl groups excluding tert-OH is 1. The van der Waals surface area contributed by atoms with Gasteiger partial charge in [0, 0.05) is 6.54 Å². The van der Waals surface area contributed by atoms with Gasteiger partial charge in [0.2, 0.25) is 5.91 Å². The van der Waals surface area contributed by atoms with Crippen molar-refractivity contribution in [1.29, 1.82) is 0 Å². The van der Waals surface area contributed by atoms with E-state index in [0.717, 1.165) is 0 Å². The van der Waals surface area contributed by atoms with E-state index < -0.39 is 0 Å². The summed E-state index contributed by atoms with van der Waals surface area (Å²) in [7, 11) is 0. The van der Waals surface area contributed by atoms with Crippen molar-refractivity contribution in [2.24, 2.45) is 0 Å². The first-order valence-corrected chi connectivity index (χ1v) is 2.93. The lowest BCUT2D eigenvalue weighted by Gasteiger charge is -2.08. The van der Waals surface area contributed by atoms with Crippen molar-refractivity contribution in [2.75, 3.05) is 26.4 Å². The zero-order valence-corrected chi connectivity index (χ0v) is 5.13. The van der Waals surface area contributed by atoms with Crippen LogP contribution < -0.4 is 5.32 Å². The van der Waals surface area contributed by atoms with Crippen LogP contribution in [0.15, 0.2) is 0 Å². The fourth-order valence-corrected chi connectivity index (χ4v) is 0.814. The normalized spacial score (nSPS) is 20.3. The van der Waals surface area contributed by atoms with Gasteiger partial charge in [0.15, 0.2) is 0 Å². The highest BCUT2D eigenvalue weighted by atomic mass is 16.3. The first kappa shape index (κ1) is 6.51. The van der Waals surface area contributed by atoms with Crippen LogP contribution in [0.25, 0.3) is 0 Å². The van der Waals surface area contributed by atoms with E-state index in [4.69, 9.17) is 5.11 Å². The maximum absolute atomic E-state index is 10.5. The molecule has 1 rings (SSSR count). The number of carbonyl (C=O) groups is 1.